The molecule has 0 spiro atoms. The summed E-state index contributed by atoms with van der Waals surface area (Å²) >= 11 is 0. The molecule has 0 aromatic heterocycles. The lowest BCUT2D eigenvalue weighted by atomic mass is 9.71. The molecule has 3 atom stereocenters. The highest BCUT2D eigenvalue weighted by Crippen LogP contribution is 2.39. The third-order valence-corrected chi connectivity index (χ3v) is 5.07. The number of rotatable bonds is 5. The van der Waals surface area contributed by atoms with Gasteiger partial charge in [0.1, 0.15) is 25.7 Å². The zero-order chi connectivity index (χ0) is 15.5. The van der Waals surface area contributed by atoms with Crippen LogP contribution in [0.5, 0.6) is 0 Å². The van der Waals surface area contributed by atoms with E-state index in [1.165, 1.54) is 6.42 Å². The van der Waals surface area contributed by atoms with Gasteiger partial charge in [0, 0.05) is 0 Å². The maximum atomic E-state index is 10.3. The second kappa shape index (κ2) is 6.95. The van der Waals surface area contributed by atoms with Crippen molar-refractivity contribution >= 4 is 0 Å². The van der Waals surface area contributed by atoms with Crippen LogP contribution >= 0.6 is 0 Å². The number of morpholine rings is 1. The molecule has 1 aliphatic heterocycles. The third kappa shape index (κ3) is 5.51. The second-order valence-corrected chi connectivity index (χ2v) is 8.38. The molecule has 2 rings (SSSR count). The van der Waals surface area contributed by atoms with Crippen LogP contribution in [0.2, 0.25) is 0 Å². The van der Waals surface area contributed by atoms with E-state index in [1.54, 1.807) is 0 Å². The third-order valence-electron chi connectivity index (χ3n) is 5.07. The maximum absolute atomic E-state index is 10.3. The van der Waals surface area contributed by atoms with Crippen LogP contribution in [0.4, 0.5) is 0 Å². The van der Waals surface area contributed by atoms with Crippen LogP contribution in [-0.2, 0) is 9.47 Å². The lowest BCUT2D eigenvalue weighted by Crippen LogP contribution is -2.56. The molecule has 1 saturated heterocycles. The summed E-state index contributed by atoms with van der Waals surface area (Å²) in [7, 11) is 2.21. The van der Waals surface area contributed by atoms with Gasteiger partial charge in [0.05, 0.1) is 33.0 Å². The van der Waals surface area contributed by atoms with Crippen molar-refractivity contribution in [1.29, 1.82) is 0 Å². The van der Waals surface area contributed by atoms with Crippen molar-refractivity contribution in [2.45, 2.75) is 52.2 Å². The molecule has 0 aromatic carbocycles. The van der Waals surface area contributed by atoms with E-state index in [2.05, 4.69) is 27.8 Å². The van der Waals surface area contributed by atoms with Crippen LogP contribution < -0.4 is 0 Å². The zero-order valence-corrected chi connectivity index (χ0v) is 14.3. The predicted molar refractivity (Wildman–Crippen MR) is 84.1 cm³/mol. The Morgan fingerprint density at radius 3 is 2.57 bits per heavy atom. The van der Waals surface area contributed by atoms with Gasteiger partial charge in [-0.25, -0.2) is 0 Å². The van der Waals surface area contributed by atoms with E-state index in [4.69, 9.17) is 9.47 Å². The van der Waals surface area contributed by atoms with Gasteiger partial charge in [0.25, 0.3) is 0 Å². The zero-order valence-electron chi connectivity index (χ0n) is 14.3. The highest BCUT2D eigenvalue weighted by molar-refractivity contribution is 4.83. The molecule has 1 N–H and O–H groups in total. The van der Waals surface area contributed by atoms with Crippen LogP contribution in [0.15, 0.2) is 0 Å². The van der Waals surface area contributed by atoms with E-state index in [0.29, 0.717) is 18.1 Å². The van der Waals surface area contributed by atoms with Gasteiger partial charge in [0.15, 0.2) is 0 Å². The predicted octanol–water partition coefficient (Wildman–Crippen LogP) is 2.06. The van der Waals surface area contributed by atoms with E-state index in [9.17, 15) is 5.11 Å². The first-order valence-corrected chi connectivity index (χ1v) is 8.49. The number of likely N-dealkylation sites (N-methyl/N-ethyl adjacent to an activating group) is 1. The minimum atomic E-state index is -0.367. The first kappa shape index (κ1) is 17.2. The fourth-order valence-electron chi connectivity index (χ4n) is 4.16. The van der Waals surface area contributed by atoms with E-state index in [-0.39, 0.29) is 6.10 Å². The summed E-state index contributed by atoms with van der Waals surface area (Å²) in [4.78, 5) is 0. The van der Waals surface area contributed by atoms with Gasteiger partial charge >= 0.3 is 0 Å². The van der Waals surface area contributed by atoms with Crippen LogP contribution in [0.3, 0.4) is 0 Å². The van der Waals surface area contributed by atoms with Crippen molar-refractivity contribution in [3.8, 4) is 0 Å². The Bertz CT molecular complexity index is 326. The van der Waals surface area contributed by atoms with Crippen molar-refractivity contribution in [1.82, 2.24) is 0 Å². The number of hydrogen-bond donors (Lipinski definition) is 1. The summed E-state index contributed by atoms with van der Waals surface area (Å²) in [6.45, 7) is 11.8. The molecule has 0 unspecified atom stereocenters. The van der Waals surface area contributed by atoms with E-state index in [1.807, 2.05) is 0 Å². The lowest BCUT2D eigenvalue weighted by molar-refractivity contribution is -0.919. The highest BCUT2D eigenvalue weighted by atomic mass is 16.5. The highest BCUT2D eigenvalue weighted by Gasteiger charge is 2.33. The summed E-state index contributed by atoms with van der Waals surface area (Å²) < 4.78 is 12.4. The van der Waals surface area contributed by atoms with Crippen LogP contribution in [0, 0.1) is 11.3 Å². The van der Waals surface area contributed by atoms with Crippen LogP contribution in [0.25, 0.3) is 0 Å². The van der Waals surface area contributed by atoms with Crippen molar-refractivity contribution < 1.29 is 19.1 Å². The Morgan fingerprint density at radius 2 is 1.95 bits per heavy atom. The largest absolute Gasteiger partial charge is 0.385 e. The Hall–Kier alpha value is -0.160. The molecule has 0 aromatic rings. The summed E-state index contributed by atoms with van der Waals surface area (Å²) in [5.74, 6) is 0.722. The van der Waals surface area contributed by atoms with E-state index < -0.39 is 0 Å². The molecular weight excluding hydrogens is 266 g/mol. The Kier molecular flexibility index (Phi) is 5.69. The fraction of sp³-hybridized carbons (Fsp3) is 1.00. The number of hydrogen-bond acceptors (Lipinski definition) is 3. The number of quaternary nitrogens is 1. The first-order chi connectivity index (χ1) is 9.78. The summed E-state index contributed by atoms with van der Waals surface area (Å²) in [6, 6.07) is 0. The Morgan fingerprint density at radius 1 is 1.29 bits per heavy atom. The van der Waals surface area contributed by atoms with Gasteiger partial charge in [-0.3, -0.25) is 0 Å². The summed E-state index contributed by atoms with van der Waals surface area (Å²) in [5.41, 5.74) is 0.371. The molecule has 1 saturated carbocycles. The minimum absolute atomic E-state index is 0.313. The molecule has 0 bridgehead atoms. The van der Waals surface area contributed by atoms with Crippen molar-refractivity contribution in [2.75, 3.05) is 46.5 Å². The molecule has 1 aliphatic carbocycles. The summed E-state index contributed by atoms with van der Waals surface area (Å²) in [5, 5.41) is 10.3. The molecule has 2 aliphatic rings. The molecule has 4 heteroatoms. The number of aliphatic hydroxyl groups excluding tert-OH is 1. The quantitative estimate of drug-likeness (QED) is 0.790. The van der Waals surface area contributed by atoms with E-state index in [0.717, 1.165) is 56.1 Å². The second-order valence-electron chi connectivity index (χ2n) is 8.38. The average Bonchev–Trinajstić information content (AvgIpc) is 2.34. The SMILES string of the molecule is C[C@H]1C[C@@H](OC[C@H](O)C[N+]2(C)CCOCC2)CC(C)(C)C1. The monoisotopic (exact) mass is 300 g/mol. The molecule has 1 heterocycles. The molecule has 0 radical (unpaired) electrons. The van der Waals surface area contributed by atoms with Gasteiger partial charge in [-0.05, 0) is 30.6 Å². The van der Waals surface area contributed by atoms with Crippen LogP contribution in [0.1, 0.15) is 40.0 Å². The number of ether oxygens (including phenoxy) is 2. The first-order valence-electron chi connectivity index (χ1n) is 8.49. The summed E-state index contributed by atoms with van der Waals surface area (Å²) in [6.07, 6.45) is 3.48. The van der Waals surface area contributed by atoms with E-state index >= 15 is 0 Å². The van der Waals surface area contributed by atoms with Gasteiger partial charge in [-0.15, -0.1) is 0 Å². The van der Waals surface area contributed by atoms with Crippen molar-refractivity contribution in [3.63, 3.8) is 0 Å². The molecule has 4 nitrogen and oxygen atoms in total. The topological polar surface area (TPSA) is 38.7 Å². The number of nitrogens with zero attached hydrogens (tertiary/aromatic N) is 1. The standard InChI is InChI=1S/C17H34NO3/c1-14-9-16(11-17(2,3)10-14)21-13-15(19)12-18(4)5-7-20-8-6-18/h14-16,19H,5-13H2,1-4H3/q+1/t14-,15+,16+/m0/s1. The van der Waals surface area contributed by atoms with Gasteiger partial charge in [-0.1, -0.05) is 20.8 Å². The molecular formula is C17H34NO3+. The maximum Gasteiger partial charge on any atom is 0.126 e. The van der Waals surface area contributed by atoms with Gasteiger partial charge < -0.3 is 19.1 Å². The normalized spacial score (nSPS) is 33.6. The van der Waals surface area contributed by atoms with Crippen LogP contribution in [-0.4, -0.2) is 68.3 Å². The molecule has 124 valence electrons. The smallest absolute Gasteiger partial charge is 0.126 e. The molecule has 0 amide bonds. The minimum Gasteiger partial charge on any atom is -0.385 e. The Labute approximate surface area is 130 Å². The lowest BCUT2D eigenvalue weighted by Gasteiger charge is -2.40. The molecule has 2 fully saturated rings. The van der Waals surface area contributed by atoms with Gasteiger partial charge in [-0.2, -0.15) is 0 Å². The van der Waals surface area contributed by atoms with Crippen molar-refractivity contribution in [3.05, 3.63) is 0 Å². The van der Waals surface area contributed by atoms with Crippen molar-refractivity contribution in [2.24, 2.45) is 11.3 Å². The number of aliphatic hydroxyl groups is 1. The Balaban J connectivity index is 1.74. The van der Waals surface area contributed by atoms with Gasteiger partial charge in [0.2, 0.25) is 0 Å². The molecule has 21 heavy (non-hydrogen) atoms. The fourth-order valence-corrected chi connectivity index (χ4v) is 4.16. The average molecular weight is 300 g/mol.